The van der Waals surface area contributed by atoms with Crippen molar-refractivity contribution < 1.29 is 9.59 Å². The normalized spacial score (nSPS) is 19.0. The smallest absolute Gasteiger partial charge is 0.149 e. The highest BCUT2D eigenvalue weighted by molar-refractivity contribution is 5.82. The van der Waals surface area contributed by atoms with E-state index in [0.29, 0.717) is 18.9 Å². The molecule has 1 saturated heterocycles. The number of Topliss-reactive ketones (excluding diaryl/α,β-unsaturated/α-hetero) is 2. The van der Waals surface area contributed by atoms with E-state index >= 15 is 0 Å². The fourth-order valence-corrected chi connectivity index (χ4v) is 1.82. The van der Waals surface area contributed by atoms with E-state index in [4.69, 9.17) is 0 Å². The fourth-order valence-electron chi connectivity index (χ4n) is 1.82. The van der Waals surface area contributed by atoms with Crippen molar-refractivity contribution in [2.75, 3.05) is 39.3 Å². The van der Waals surface area contributed by atoms with E-state index in [9.17, 15) is 9.59 Å². The van der Waals surface area contributed by atoms with Gasteiger partial charge in [-0.3, -0.25) is 19.4 Å². The number of nitrogens with zero attached hydrogens (tertiary/aromatic N) is 2. The van der Waals surface area contributed by atoms with Gasteiger partial charge in [0.1, 0.15) is 11.6 Å². The maximum atomic E-state index is 11.6. The van der Waals surface area contributed by atoms with Gasteiger partial charge in [0.2, 0.25) is 0 Å². The fraction of sp³-hybridized carbons (Fsp3) is 0.833. The third-order valence-electron chi connectivity index (χ3n) is 2.93. The minimum atomic E-state index is 0.121. The van der Waals surface area contributed by atoms with Crippen LogP contribution in [0.5, 0.6) is 0 Å². The van der Waals surface area contributed by atoms with Crippen molar-refractivity contribution in [2.24, 2.45) is 5.92 Å². The van der Waals surface area contributed by atoms with Crippen molar-refractivity contribution in [3.8, 4) is 0 Å². The van der Waals surface area contributed by atoms with E-state index in [0.717, 1.165) is 26.2 Å². The highest BCUT2D eigenvalue weighted by Gasteiger charge is 2.20. The van der Waals surface area contributed by atoms with Gasteiger partial charge < -0.3 is 0 Å². The standard InChI is InChI=1S/C12H22N2O2/c1-10(2)12(16)9-14-6-4-13(5-7-14)8-11(3)15/h10H,4-9H2,1-3H3. The van der Waals surface area contributed by atoms with Crippen molar-refractivity contribution in [2.45, 2.75) is 20.8 Å². The van der Waals surface area contributed by atoms with Gasteiger partial charge in [0, 0.05) is 32.1 Å². The van der Waals surface area contributed by atoms with Crippen molar-refractivity contribution in [1.29, 1.82) is 0 Å². The van der Waals surface area contributed by atoms with Crippen LogP contribution in [-0.4, -0.2) is 60.6 Å². The zero-order valence-electron chi connectivity index (χ0n) is 10.5. The number of carbonyl (C=O) groups excluding carboxylic acids is 2. The number of piperazine rings is 1. The van der Waals surface area contributed by atoms with Crippen LogP contribution >= 0.6 is 0 Å². The first-order valence-corrected chi connectivity index (χ1v) is 5.96. The second-order valence-corrected chi connectivity index (χ2v) is 4.88. The average molecular weight is 226 g/mol. The van der Waals surface area contributed by atoms with Gasteiger partial charge >= 0.3 is 0 Å². The topological polar surface area (TPSA) is 40.6 Å². The summed E-state index contributed by atoms with van der Waals surface area (Å²) in [6, 6.07) is 0. The molecule has 0 atom stereocenters. The van der Waals surface area contributed by atoms with E-state index in [2.05, 4.69) is 9.80 Å². The first-order chi connectivity index (χ1) is 7.49. The van der Waals surface area contributed by atoms with Crippen molar-refractivity contribution in [1.82, 2.24) is 9.80 Å². The van der Waals surface area contributed by atoms with Gasteiger partial charge in [-0.2, -0.15) is 0 Å². The summed E-state index contributed by atoms with van der Waals surface area (Å²) in [7, 11) is 0. The van der Waals surface area contributed by atoms with Crippen molar-refractivity contribution >= 4 is 11.6 Å². The van der Waals surface area contributed by atoms with Crippen LogP contribution in [0.25, 0.3) is 0 Å². The minimum Gasteiger partial charge on any atom is -0.299 e. The average Bonchev–Trinajstić information content (AvgIpc) is 2.20. The van der Waals surface area contributed by atoms with E-state index < -0.39 is 0 Å². The Morgan fingerprint density at radius 3 is 1.81 bits per heavy atom. The SMILES string of the molecule is CC(=O)CN1CCN(CC(=O)C(C)C)CC1. The van der Waals surface area contributed by atoms with Gasteiger partial charge in [-0.25, -0.2) is 0 Å². The molecule has 0 aliphatic carbocycles. The highest BCUT2D eigenvalue weighted by atomic mass is 16.1. The Balaban J connectivity index is 2.27. The molecule has 0 N–H and O–H groups in total. The van der Waals surface area contributed by atoms with Gasteiger partial charge in [-0.15, -0.1) is 0 Å². The molecule has 0 unspecified atom stereocenters. The Morgan fingerprint density at radius 1 is 1.00 bits per heavy atom. The Labute approximate surface area is 97.6 Å². The van der Waals surface area contributed by atoms with Gasteiger partial charge in [0.25, 0.3) is 0 Å². The van der Waals surface area contributed by atoms with E-state index in [1.54, 1.807) is 6.92 Å². The minimum absolute atomic E-state index is 0.121. The molecule has 1 fully saturated rings. The lowest BCUT2D eigenvalue weighted by Gasteiger charge is -2.33. The maximum absolute atomic E-state index is 11.6. The lowest BCUT2D eigenvalue weighted by atomic mass is 10.1. The molecule has 0 aromatic heterocycles. The molecule has 0 amide bonds. The molecule has 4 heteroatoms. The molecule has 0 radical (unpaired) electrons. The summed E-state index contributed by atoms with van der Waals surface area (Å²) in [5.74, 6) is 0.641. The molecule has 92 valence electrons. The molecule has 0 spiro atoms. The molecule has 1 rings (SSSR count). The summed E-state index contributed by atoms with van der Waals surface area (Å²) in [6.45, 7) is 10.2. The largest absolute Gasteiger partial charge is 0.299 e. The molecular formula is C12H22N2O2. The van der Waals surface area contributed by atoms with E-state index in [1.807, 2.05) is 13.8 Å². The van der Waals surface area contributed by atoms with Crippen molar-refractivity contribution in [3.05, 3.63) is 0 Å². The zero-order valence-corrected chi connectivity index (χ0v) is 10.5. The number of hydrogen-bond acceptors (Lipinski definition) is 4. The van der Waals surface area contributed by atoms with Crippen LogP contribution in [0.1, 0.15) is 20.8 Å². The number of ketones is 2. The molecule has 4 nitrogen and oxygen atoms in total. The maximum Gasteiger partial charge on any atom is 0.149 e. The first kappa shape index (κ1) is 13.3. The molecule has 0 aromatic carbocycles. The van der Waals surface area contributed by atoms with Gasteiger partial charge in [0.15, 0.2) is 0 Å². The summed E-state index contributed by atoms with van der Waals surface area (Å²) in [6.07, 6.45) is 0. The second-order valence-electron chi connectivity index (χ2n) is 4.88. The Hall–Kier alpha value is -0.740. The Morgan fingerprint density at radius 2 is 1.44 bits per heavy atom. The number of carbonyl (C=O) groups is 2. The highest BCUT2D eigenvalue weighted by Crippen LogP contribution is 2.04. The van der Waals surface area contributed by atoms with Crippen LogP contribution in [0.3, 0.4) is 0 Å². The summed E-state index contributed by atoms with van der Waals surface area (Å²) in [5, 5.41) is 0. The Kier molecular flexibility index (Phi) is 5.09. The predicted molar refractivity (Wildman–Crippen MR) is 63.4 cm³/mol. The lowest BCUT2D eigenvalue weighted by molar-refractivity contribution is -0.124. The number of hydrogen-bond donors (Lipinski definition) is 0. The molecule has 0 saturated carbocycles. The monoisotopic (exact) mass is 226 g/mol. The zero-order chi connectivity index (χ0) is 12.1. The van der Waals surface area contributed by atoms with Crippen LogP contribution in [0.15, 0.2) is 0 Å². The van der Waals surface area contributed by atoms with Crippen LogP contribution in [0, 0.1) is 5.92 Å². The third-order valence-corrected chi connectivity index (χ3v) is 2.93. The van der Waals surface area contributed by atoms with Gasteiger partial charge in [-0.1, -0.05) is 13.8 Å². The second kappa shape index (κ2) is 6.11. The quantitative estimate of drug-likeness (QED) is 0.681. The van der Waals surface area contributed by atoms with Crippen LogP contribution < -0.4 is 0 Å². The molecule has 0 aromatic rings. The Bertz CT molecular complexity index is 256. The lowest BCUT2D eigenvalue weighted by Crippen LogP contribution is -2.49. The summed E-state index contributed by atoms with van der Waals surface area (Å²) >= 11 is 0. The molecular weight excluding hydrogens is 204 g/mol. The van der Waals surface area contributed by atoms with E-state index in [-0.39, 0.29) is 11.7 Å². The van der Waals surface area contributed by atoms with Crippen LogP contribution in [0.2, 0.25) is 0 Å². The summed E-state index contributed by atoms with van der Waals surface area (Å²) in [4.78, 5) is 26.8. The molecule has 1 aliphatic rings. The van der Waals surface area contributed by atoms with Gasteiger partial charge in [0.05, 0.1) is 13.1 Å². The predicted octanol–water partition coefficient (Wildman–Crippen LogP) is 0.418. The number of rotatable bonds is 5. The first-order valence-electron chi connectivity index (χ1n) is 5.96. The summed E-state index contributed by atoms with van der Waals surface area (Å²) < 4.78 is 0. The third kappa shape index (κ3) is 4.41. The molecule has 1 aliphatic heterocycles. The van der Waals surface area contributed by atoms with E-state index in [1.165, 1.54) is 0 Å². The molecule has 16 heavy (non-hydrogen) atoms. The van der Waals surface area contributed by atoms with Crippen LogP contribution in [0.4, 0.5) is 0 Å². The van der Waals surface area contributed by atoms with Crippen LogP contribution in [-0.2, 0) is 9.59 Å². The van der Waals surface area contributed by atoms with Crippen molar-refractivity contribution in [3.63, 3.8) is 0 Å². The molecule has 0 bridgehead atoms. The van der Waals surface area contributed by atoms with Gasteiger partial charge in [-0.05, 0) is 6.92 Å². The molecule has 1 heterocycles. The summed E-state index contributed by atoms with van der Waals surface area (Å²) in [5.41, 5.74) is 0.